The van der Waals surface area contributed by atoms with E-state index >= 15 is 0 Å². The van der Waals surface area contributed by atoms with Gasteiger partial charge >= 0.3 is 0 Å². The van der Waals surface area contributed by atoms with E-state index < -0.39 is 0 Å². The van der Waals surface area contributed by atoms with E-state index in [1.54, 1.807) is 23.5 Å². The molecule has 0 aliphatic heterocycles. The van der Waals surface area contributed by atoms with Crippen molar-refractivity contribution in [1.29, 1.82) is 5.26 Å². The SMILES string of the molecule is N#Cc1ccc(Nc2nc3cc(Br)ccc3s2)cc1. The maximum absolute atomic E-state index is 8.75. The summed E-state index contributed by atoms with van der Waals surface area (Å²) >= 11 is 5.04. The van der Waals surface area contributed by atoms with E-state index in [-0.39, 0.29) is 0 Å². The Balaban J connectivity index is 1.90. The molecular weight excluding hydrogens is 322 g/mol. The highest BCUT2D eigenvalue weighted by molar-refractivity contribution is 9.10. The van der Waals surface area contributed by atoms with Gasteiger partial charge in [0.1, 0.15) is 0 Å². The quantitative estimate of drug-likeness (QED) is 0.742. The second-order valence-electron chi connectivity index (χ2n) is 3.95. The van der Waals surface area contributed by atoms with Crippen LogP contribution in [0.25, 0.3) is 10.2 Å². The highest BCUT2D eigenvalue weighted by atomic mass is 79.9. The first-order chi connectivity index (χ1) is 9.24. The molecule has 92 valence electrons. The topological polar surface area (TPSA) is 48.7 Å². The van der Waals surface area contributed by atoms with Crippen LogP contribution in [-0.2, 0) is 0 Å². The first kappa shape index (κ1) is 12.2. The number of hydrogen-bond donors (Lipinski definition) is 1. The molecule has 3 nitrogen and oxygen atoms in total. The number of hydrogen-bond acceptors (Lipinski definition) is 4. The Morgan fingerprint density at radius 1 is 1.16 bits per heavy atom. The number of halogens is 1. The second-order valence-corrected chi connectivity index (χ2v) is 5.89. The van der Waals surface area contributed by atoms with Gasteiger partial charge in [0.15, 0.2) is 5.13 Å². The Labute approximate surface area is 122 Å². The fraction of sp³-hybridized carbons (Fsp3) is 0. The average molecular weight is 330 g/mol. The second kappa shape index (κ2) is 5.00. The summed E-state index contributed by atoms with van der Waals surface area (Å²) in [7, 11) is 0. The van der Waals surface area contributed by atoms with E-state index in [4.69, 9.17) is 5.26 Å². The molecule has 0 aliphatic rings. The molecule has 5 heteroatoms. The highest BCUT2D eigenvalue weighted by Crippen LogP contribution is 2.30. The molecule has 0 aliphatic carbocycles. The van der Waals surface area contributed by atoms with E-state index in [0.717, 1.165) is 25.5 Å². The normalized spacial score (nSPS) is 10.3. The van der Waals surface area contributed by atoms with Gasteiger partial charge in [0.05, 0.1) is 21.8 Å². The van der Waals surface area contributed by atoms with E-state index in [1.807, 2.05) is 30.3 Å². The molecule has 0 amide bonds. The number of anilines is 2. The summed E-state index contributed by atoms with van der Waals surface area (Å²) in [6.45, 7) is 0. The average Bonchev–Trinajstić information content (AvgIpc) is 2.81. The third kappa shape index (κ3) is 2.60. The van der Waals surface area contributed by atoms with Crippen LogP contribution in [0, 0.1) is 11.3 Å². The summed E-state index contributed by atoms with van der Waals surface area (Å²) in [4.78, 5) is 4.52. The molecule has 0 saturated carbocycles. The van der Waals surface area contributed by atoms with Crippen molar-refractivity contribution in [2.45, 2.75) is 0 Å². The van der Waals surface area contributed by atoms with Crippen LogP contribution in [0.1, 0.15) is 5.56 Å². The predicted octanol–water partition coefficient (Wildman–Crippen LogP) is 4.67. The van der Waals surface area contributed by atoms with Crippen LogP contribution in [0.2, 0.25) is 0 Å². The molecule has 0 bridgehead atoms. The molecule has 3 aromatic rings. The van der Waals surface area contributed by atoms with Gasteiger partial charge in [0.25, 0.3) is 0 Å². The summed E-state index contributed by atoms with van der Waals surface area (Å²) in [5, 5.41) is 12.8. The van der Waals surface area contributed by atoms with Crippen LogP contribution in [0.3, 0.4) is 0 Å². The van der Waals surface area contributed by atoms with E-state index in [0.29, 0.717) is 5.56 Å². The first-order valence-electron chi connectivity index (χ1n) is 5.58. The minimum Gasteiger partial charge on any atom is -0.332 e. The number of rotatable bonds is 2. The number of nitrogens with zero attached hydrogens (tertiary/aromatic N) is 2. The van der Waals surface area contributed by atoms with Gasteiger partial charge in [-0.25, -0.2) is 4.98 Å². The van der Waals surface area contributed by atoms with Crippen molar-refractivity contribution < 1.29 is 0 Å². The lowest BCUT2D eigenvalue weighted by Crippen LogP contribution is -1.88. The molecule has 1 aromatic heterocycles. The van der Waals surface area contributed by atoms with Crippen molar-refractivity contribution in [2.24, 2.45) is 0 Å². The van der Waals surface area contributed by atoms with Gasteiger partial charge in [-0.1, -0.05) is 27.3 Å². The molecule has 19 heavy (non-hydrogen) atoms. The molecule has 1 heterocycles. The monoisotopic (exact) mass is 329 g/mol. The molecule has 0 fully saturated rings. The lowest BCUT2D eigenvalue weighted by atomic mass is 10.2. The zero-order valence-electron chi connectivity index (χ0n) is 9.72. The van der Waals surface area contributed by atoms with Crippen LogP contribution in [0.5, 0.6) is 0 Å². The maximum atomic E-state index is 8.75. The summed E-state index contributed by atoms with van der Waals surface area (Å²) < 4.78 is 2.16. The minimum absolute atomic E-state index is 0.652. The van der Waals surface area contributed by atoms with Gasteiger partial charge in [-0.15, -0.1) is 0 Å². The molecule has 2 aromatic carbocycles. The summed E-state index contributed by atoms with van der Waals surface area (Å²) in [5.41, 5.74) is 2.55. The van der Waals surface area contributed by atoms with Gasteiger partial charge in [-0.3, -0.25) is 0 Å². The van der Waals surface area contributed by atoms with E-state index in [1.165, 1.54) is 0 Å². The van der Waals surface area contributed by atoms with Gasteiger partial charge in [-0.2, -0.15) is 5.26 Å². The zero-order valence-corrected chi connectivity index (χ0v) is 12.1. The smallest absolute Gasteiger partial charge is 0.188 e. The number of aromatic nitrogens is 1. The Bertz CT molecular complexity index is 771. The molecule has 0 saturated heterocycles. The first-order valence-corrected chi connectivity index (χ1v) is 7.19. The number of nitriles is 1. The Kier molecular flexibility index (Phi) is 3.20. The maximum Gasteiger partial charge on any atom is 0.188 e. The summed E-state index contributed by atoms with van der Waals surface area (Å²) in [6.07, 6.45) is 0. The van der Waals surface area contributed by atoms with Crippen molar-refractivity contribution in [2.75, 3.05) is 5.32 Å². The standard InChI is InChI=1S/C14H8BrN3S/c15-10-3-6-13-12(7-10)18-14(19-13)17-11-4-1-9(8-16)2-5-11/h1-7H,(H,17,18). The molecule has 0 unspecified atom stereocenters. The van der Waals surface area contributed by atoms with E-state index in [9.17, 15) is 0 Å². The minimum atomic E-state index is 0.652. The molecule has 1 N–H and O–H groups in total. The van der Waals surface area contributed by atoms with Crippen molar-refractivity contribution >= 4 is 48.3 Å². The summed E-state index contributed by atoms with van der Waals surface area (Å²) in [6, 6.07) is 15.5. The fourth-order valence-electron chi connectivity index (χ4n) is 1.71. The Hall–Kier alpha value is -1.90. The predicted molar refractivity (Wildman–Crippen MR) is 81.8 cm³/mol. The fourth-order valence-corrected chi connectivity index (χ4v) is 2.92. The number of thiazole rings is 1. The molecule has 0 atom stereocenters. The lowest BCUT2D eigenvalue weighted by molar-refractivity contribution is 1.43. The van der Waals surface area contributed by atoms with Crippen LogP contribution in [0.15, 0.2) is 46.9 Å². The van der Waals surface area contributed by atoms with Crippen molar-refractivity contribution in [3.05, 3.63) is 52.5 Å². The van der Waals surface area contributed by atoms with E-state index in [2.05, 4.69) is 32.3 Å². The Morgan fingerprint density at radius 2 is 1.95 bits per heavy atom. The van der Waals surface area contributed by atoms with Crippen molar-refractivity contribution in [1.82, 2.24) is 4.98 Å². The number of nitrogens with one attached hydrogen (secondary N) is 1. The van der Waals surface area contributed by atoms with Crippen LogP contribution < -0.4 is 5.32 Å². The molecular formula is C14H8BrN3S. The summed E-state index contributed by atoms with van der Waals surface area (Å²) in [5.74, 6) is 0. The van der Waals surface area contributed by atoms with Gasteiger partial charge in [-0.05, 0) is 42.5 Å². The largest absolute Gasteiger partial charge is 0.332 e. The van der Waals surface area contributed by atoms with Gasteiger partial charge in [0, 0.05) is 10.2 Å². The van der Waals surface area contributed by atoms with Crippen LogP contribution >= 0.6 is 27.3 Å². The van der Waals surface area contributed by atoms with Gasteiger partial charge in [0.2, 0.25) is 0 Å². The molecule has 0 radical (unpaired) electrons. The van der Waals surface area contributed by atoms with Crippen LogP contribution in [0.4, 0.5) is 10.8 Å². The highest BCUT2D eigenvalue weighted by Gasteiger charge is 2.04. The van der Waals surface area contributed by atoms with Gasteiger partial charge < -0.3 is 5.32 Å². The lowest BCUT2D eigenvalue weighted by Gasteiger charge is -2.01. The van der Waals surface area contributed by atoms with Crippen LogP contribution in [-0.4, -0.2) is 4.98 Å². The number of benzene rings is 2. The molecule has 0 spiro atoms. The third-order valence-electron chi connectivity index (χ3n) is 2.61. The molecule has 3 rings (SSSR count). The zero-order chi connectivity index (χ0) is 13.2. The Morgan fingerprint density at radius 3 is 2.68 bits per heavy atom. The number of fused-ring (bicyclic) bond motifs is 1. The van der Waals surface area contributed by atoms with Crippen molar-refractivity contribution in [3.8, 4) is 6.07 Å². The van der Waals surface area contributed by atoms with Crippen molar-refractivity contribution in [3.63, 3.8) is 0 Å². The third-order valence-corrected chi connectivity index (χ3v) is 4.06.